The van der Waals surface area contributed by atoms with Crippen LogP contribution in [0.25, 0.3) is 10.8 Å². The topological polar surface area (TPSA) is 53.4 Å². The van der Waals surface area contributed by atoms with E-state index in [9.17, 15) is 9.90 Å². The van der Waals surface area contributed by atoms with E-state index >= 15 is 0 Å². The van der Waals surface area contributed by atoms with E-state index in [2.05, 4.69) is 41.9 Å². The van der Waals surface area contributed by atoms with Crippen molar-refractivity contribution in [3.8, 4) is 0 Å². The second-order valence-electron chi connectivity index (χ2n) is 6.22. The van der Waals surface area contributed by atoms with Crippen LogP contribution < -0.4 is 0 Å². The van der Waals surface area contributed by atoms with E-state index in [0.717, 1.165) is 5.56 Å². The molecule has 4 heteroatoms. The maximum absolute atomic E-state index is 12.2. The molecule has 0 aliphatic heterocycles. The number of carbonyl (C=O) groups is 1. The van der Waals surface area contributed by atoms with Crippen molar-refractivity contribution in [3.63, 3.8) is 0 Å². The number of aromatic nitrogens is 1. The van der Waals surface area contributed by atoms with Gasteiger partial charge in [-0.25, -0.2) is 0 Å². The normalized spacial score (nSPS) is 11.9. The summed E-state index contributed by atoms with van der Waals surface area (Å²) in [5.41, 5.74) is 1.85. The third-order valence-corrected chi connectivity index (χ3v) is 4.43. The molecular weight excluding hydrogens is 324 g/mol. The molecule has 0 bridgehead atoms. The standard InChI is InChI=1S/C22H22N2O2/c1-2-22(26)24(16-21(25)20-8-5-12-23-15-20)13-11-17-9-10-18-6-3-4-7-19(18)14-17/h2-10,12,14-15,21,25H,1,11,13,16H2. The summed E-state index contributed by atoms with van der Waals surface area (Å²) in [5.74, 6) is -0.186. The summed E-state index contributed by atoms with van der Waals surface area (Å²) >= 11 is 0. The van der Waals surface area contributed by atoms with E-state index in [1.165, 1.54) is 16.8 Å². The predicted octanol–water partition coefficient (Wildman–Crippen LogP) is 3.53. The summed E-state index contributed by atoms with van der Waals surface area (Å²) < 4.78 is 0. The summed E-state index contributed by atoms with van der Waals surface area (Å²) in [6.45, 7) is 4.30. The van der Waals surface area contributed by atoms with Gasteiger partial charge in [-0.3, -0.25) is 9.78 Å². The zero-order valence-corrected chi connectivity index (χ0v) is 14.6. The van der Waals surface area contributed by atoms with Crippen molar-refractivity contribution in [2.45, 2.75) is 12.5 Å². The lowest BCUT2D eigenvalue weighted by Crippen LogP contribution is -2.35. The molecule has 0 saturated heterocycles. The third-order valence-electron chi connectivity index (χ3n) is 4.43. The zero-order valence-electron chi connectivity index (χ0n) is 14.6. The predicted molar refractivity (Wildman–Crippen MR) is 104 cm³/mol. The first kappa shape index (κ1) is 17.8. The fraction of sp³-hybridized carbons (Fsp3) is 0.182. The highest BCUT2D eigenvalue weighted by Gasteiger charge is 2.17. The van der Waals surface area contributed by atoms with Crippen LogP contribution in [-0.4, -0.2) is 34.0 Å². The lowest BCUT2D eigenvalue weighted by atomic mass is 10.0. The van der Waals surface area contributed by atoms with Gasteiger partial charge in [0.25, 0.3) is 0 Å². The van der Waals surface area contributed by atoms with Gasteiger partial charge in [0.2, 0.25) is 5.91 Å². The Morgan fingerprint density at radius 1 is 1.15 bits per heavy atom. The van der Waals surface area contributed by atoms with Crippen molar-refractivity contribution in [2.75, 3.05) is 13.1 Å². The van der Waals surface area contributed by atoms with E-state index in [1.54, 1.807) is 29.4 Å². The first-order chi connectivity index (χ1) is 12.7. The van der Waals surface area contributed by atoms with Gasteiger partial charge in [-0.05, 0) is 34.9 Å². The van der Waals surface area contributed by atoms with Crippen LogP contribution in [0.4, 0.5) is 0 Å². The molecule has 0 fully saturated rings. The van der Waals surface area contributed by atoms with Gasteiger partial charge in [0.1, 0.15) is 0 Å². The van der Waals surface area contributed by atoms with E-state index in [4.69, 9.17) is 0 Å². The first-order valence-corrected chi connectivity index (χ1v) is 8.64. The van der Waals surface area contributed by atoms with E-state index in [1.807, 2.05) is 12.1 Å². The van der Waals surface area contributed by atoms with Crippen LogP contribution in [0.1, 0.15) is 17.2 Å². The lowest BCUT2D eigenvalue weighted by molar-refractivity contribution is -0.127. The monoisotopic (exact) mass is 346 g/mol. The molecule has 1 atom stereocenters. The second kappa shape index (κ2) is 8.41. The van der Waals surface area contributed by atoms with Crippen molar-refractivity contribution >= 4 is 16.7 Å². The lowest BCUT2D eigenvalue weighted by Gasteiger charge is -2.24. The van der Waals surface area contributed by atoms with Crippen molar-refractivity contribution < 1.29 is 9.90 Å². The summed E-state index contributed by atoms with van der Waals surface area (Å²) in [5, 5.41) is 12.8. The smallest absolute Gasteiger partial charge is 0.246 e. The minimum absolute atomic E-state index is 0.186. The van der Waals surface area contributed by atoms with Gasteiger partial charge in [-0.1, -0.05) is 55.1 Å². The van der Waals surface area contributed by atoms with Crippen LogP contribution in [0.2, 0.25) is 0 Å². The van der Waals surface area contributed by atoms with Crippen molar-refractivity contribution in [3.05, 3.63) is 90.8 Å². The molecule has 1 N–H and O–H groups in total. The highest BCUT2D eigenvalue weighted by atomic mass is 16.3. The molecule has 4 nitrogen and oxygen atoms in total. The Morgan fingerprint density at radius 2 is 1.96 bits per heavy atom. The fourth-order valence-electron chi connectivity index (χ4n) is 2.97. The summed E-state index contributed by atoms with van der Waals surface area (Å²) in [4.78, 5) is 17.8. The van der Waals surface area contributed by atoms with Crippen LogP contribution in [-0.2, 0) is 11.2 Å². The van der Waals surface area contributed by atoms with Crippen LogP contribution >= 0.6 is 0 Å². The zero-order chi connectivity index (χ0) is 18.4. The molecule has 1 aromatic heterocycles. The number of hydrogen-bond acceptors (Lipinski definition) is 3. The third kappa shape index (κ3) is 4.35. The SMILES string of the molecule is C=CC(=O)N(CCc1ccc2ccccc2c1)CC(O)c1cccnc1. The Balaban J connectivity index is 1.69. The van der Waals surface area contributed by atoms with Crippen LogP contribution in [0, 0.1) is 0 Å². The van der Waals surface area contributed by atoms with Crippen LogP contribution in [0.5, 0.6) is 0 Å². The van der Waals surface area contributed by atoms with Crippen molar-refractivity contribution in [1.29, 1.82) is 0 Å². The summed E-state index contributed by atoms with van der Waals surface area (Å²) in [6.07, 6.45) is 4.50. The molecule has 2 aromatic carbocycles. The number of nitrogens with zero attached hydrogens (tertiary/aromatic N) is 2. The molecule has 1 amide bonds. The average molecular weight is 346 g/mol. The van der Waals surface area contributed by atoms with Crippen molar-refractivity contribution in [1.82, 2.24) is 9.88 Å². The van der Waals surface area contributed by atoms with Gasteiger partial charge in [-0.2, -0.15) is 0 Å². The molecule has 3 aromatic rings. The number of amides is 1. The molecular formula is C22H22N2O2. The minimum Gasteiger partial charge on any atom is -0.386 e. The average Bonchev–Trinajstić information content (AvgIpc) is 2.70. The quantitative estimate of drug-likeness (QED) is 0.666. The number of hydrogen-bond donors (Lipinski definition) is 1. The number of aliphatic hydroxyl groups is 1. The minimum atomic E-state index is -0.774. The van der Waals surface area contributed by atoms with Gasteiger partial charge >= 0.3 is 0 Å². The molecule has 1 heterocycles. The highest BCUT2D eigenvalue weighted by Crippen LogP contribution is 2.17. The van der Waals surface area contributed by atoms with Gasteiger partial charge in [0, 0.05) is 24.5 Å². The molecule has 0 radical (unpaired) electrons. The Hall–Kier alpha value is -2.98. The number of carbonyl (C=O) groups excluding carboxylic acids is 1. The number of aliphatic hydroxyl groups excluding tert-OH is 1. The molecule has 0 saturated carbocycles. The van der Waals surface area contributed by atoms with Crippen LogP contribution in [0.15, 0.2) is 79.6 Å². The van der Waals surface area contributed by atoms with Gasteiger partial charge in [0.15, 0.2) is 0 Å². The molecule has 0 spiro atoms. The number of fused-ring (bicyclic) bond motifs is 1. The molecule has 26 heavy (non-hydrogen) atoms. The number of pyridine rings is 1. The number of rotatable bonds is 7. The van der Waals surface area contributed by atoms with Gasteiger partial charge < -0.3 is 10.0 Å². The van der Waals surface area contributed by atoms with E-state index in [0.29, 0.717) is 18.5 Å². The van der Waals surface area contributed by atoms with E-state index in [-0.39, 0.29) is 12.5 Å². The molecule has 132 valence electrons. The maximum atomic E-state index is 12.2. The molecule has 0 aliphatic rings. The Labute approximate surface area is 153 Å². The summed E-state index contributed by atoms with van der Waals surface area (Å²) in [6, 6.07) is 18.1. The molecule has 1 unspecified atom stereocenters. The first-order valence-electron chi connectivity index (χ1n) is 8.64. The molecule has 0 aliphatic carbocycles. The van der Waals surface area contributed by atoms with Gasteiger partial charge in [0.05, 0.1) is 12.6 Å². The Kier molecular flexibility index (Phi) is 5.77. The van der Waals surface area contributed by atoms with Crippen molar-refractivity contribution in [2.24, 2.45) is 0 Å². The van der Waals surface area contributed by atoms with Gasteiger partial charge in [-0.15, -0.1) is 0 Å². The van der Waals surface area contributed by atoms with E-state index < -0.39 is 6.10 Å². The fourth-order valence-corrected chi connectivity index (χ4v) is 2.97. The molecule has 3 rings (SSSR count). The summed E-state index contributed by atoms with van der Waals surface area (Å²) in [7, 11) is 0. The second-order valence-corrected chi connectivity index (χ2v) is 6.22. The Morgan fingerprint density at radius 3 is 2.69 bits per heavy atom. The number of benzene rings is 2. The maximum Gasteiger partial charge on any atom is 0.246 e. The highest BCUT2D eigenvalue weighted by molar-refractivity contribution is 5.87. The largest absolute Gasteiger partial charge is 0.386 e. The Bertz CT molecular complexity index is 893. The van der Waals surface area contributed by atoms with Crippen LogP contribution in [0.3, 0.4) is 0 Å².